The number of benzene rings is 1. The Kier molecular flexibility index (Phi) is 7.36. The number of aliphatic imine (C=N–C) groups is 1. The predicted octanol–water partition coefficient (Wildman–Crippen LogP) is 4.85. The van der Waals surface area contributed by atoms with E-state index in [9.17, 15) is 4.79 Å². The second-order valence-corrected chi connectivity index (χ2v) is 9.48. The smallest absolute Gasteiger partial charge is 0.317 e. The van der Waals surface area contributed by atoms with Crippen LogP contribution in [0.5, 0.6) is 5.75 Å². The first-order chi connectivity index (χ1) is 15.9. The van der Waals surface area contributed by atoms with E-state index in [1.165, 1.54) is 17.7 Å². The van der Waals surface area contributed by atoms with E-state index in [1.807, 2.05) is 37.3 Å². The second kappa shape index (κ2) is 10.4. The number of carbonyl (C=O) groups is 1. The number of hydrogen-bond acceptors (Lipinski definition) is 4. The molecule has 2 aliphatic carbocycles. The maximum atomic E-state index is 15.3. The molecule has 1 aromatic rings. The Morgan fingerprint density at radius 1 is 1.21 bits per heavy atom. The van der Waals surface area contributed by atoms with Crippen molar-refractivity contribution in [1.82, 2.24) is 15.1 Å². The highest BCUT2D eigenvalue weighted by molar-refractivity contribution is 6.00. The molecule has 1 aliphatic heterocycles. The Morgan fingerprint density at radius 2 is 1.94 bits per heavy atom. The van der Waals surface area contributed by atoms with Crippen LogP contribution in [0.15, 0.2) is 52.9 Å². The monoisotopic (exact) mass is 454 g/mol. The summed E-state index contributed by atoms with van der Waals surface area (Å²) in [5, 5.41) is 2.95. The van der Waals surface area contributed by atoms with E-state index in [4.69, 9.17) is 4.74 Å². The number of carbonyl (C=O) groups excluding carboxylic acids is 1. The molecule has 178 valence electrons. The van der Waals surface area contributed by atoms with Gasteiger partial charge in [0.1, 0.15) is 11.9 Å². The van der Waals surface area contributed by atoms with E-state index in [2.05, 4.69) is 21.3 Å². The van der Waals surface area contributed by atoms with Crippen molar-refractivity contribution >= 4 is 11.7 Å². The first-order valence-electron chi connectivity index (χ1n) is 12.0. The van der Waals surface area contributed by atoms with Gasteiger partial charge in [0.25, 0.3) is 0 Å². The van der Waals surface area contributed by atoms with Crippen LogP contribution in [0.1, 0.15) is 50.6 Å². The van der Waals surface area contributed by atoms with Crippen molar-refractivity contribution < 1.29 is 13.9 Å². The first kappa shape index (κ1) is 23.3. The van der Waals surface area contributed by atoms with Gasteiger partial charge in [0.2, 0.25) is 0 Å². The van der Waals surface area contributed by atoms with Crippen LogP contribution in [0, 0.1) is 5.92 Å². The van der Waals surface area contributed by atoms with E-state index >= 15 is 4.39 Å². The molecule has 2 unspecified atom stereocenters. The van der Waals surface area contributed by atoms with Crippen molar-refractivity contribution in [2.75, 3.05) is 33.7 Å². The minimum atomic E-state index is -0.139. The average Bonchev–Trinajstić information content (AvgIpc) is 3.55. The maximum Gasteiger partial charge on any atom is 0.317 e. The van der Waals surface area contributed by atoms with Gasteiger partial charge in [-0.3, -0.25) is 4.99 Å². The lowest BCUT2D eigenvalue weighted by Crippen LogP contribution is -2.36. The van der Waals surface area contributed by atoms with Gasteiger partial charge in [-0.1, -0.05) is 24.3 Å². The lowest BCUT2D eigenvalue weighted by atomic mass is 10.1. The molecule has 1 heterocycles. The SMILES string of the molecule is CC(NC(=O)N(C)C)c1ccc(OC2CCN(C3=C(F)C(=NCC4CC4)CC=CC3)C2)cc1. The Hall–Kier alpha value is -2.83. The number of ether oxygens (including phenoxy) is 1. The molecule has 0 radical (unpaired) electrons. The van der Waals surface area contributed by atoms with Gasteiger partial charge in [-0.2, -0.15) is 0 Å². The number of urea groups is 1. The Balaban J connectivity index is 1.35. The van der Waals surface area contributed by atoms with Gasteiger partial charge in [0.15, 0.2) is 5.83 Å². The predicted molar refractivity (Wildman–Crippen MR) is 129 cm³/mol. The molecule has 0 bridgehead atoms. The zero-order chi connectivity index (χ0) is 23.4. The molecule has 1 saturated heterocycles. The number of allylic oxidation sites excluding steroid dienone is 3. The van der Waals surface area contributed by atoms with Gasteiger partial charge in [-0.25, -0.2) is 9.18 Å². The fourth-order valence-electron chi connectivity index (χ4n) is 4.17. The molecule has 0 spiro atoms. The lowest BCUT2D eigenvalue weighted by Gasteiger charge is -2.22. The van der Waals surface area contributed by atoms with Crippen LogP contribution in [0.25, 0.3) is 0 Å². The molecular formula is C26H35FN4O2. The molecule has 2 atom stereocenters. The van der Waals surface area contributed by atoms with Gasteiger partial charge in [0, 0.05) is 46.4 Å². The largest absolute Gasteiger partial charge is 0.489 e. The number of amides is 2. The molecule has 4 rings (SSSR count). The summed E-state index contributed by atoms with van der Waals surface area (Å²) in [5.74, 6) is 1.31. The normalized spacial score (nSPS) is 23.0. The van der Waals surface area contributed by atoms with Gasteiger partial charge < -0.3 is 19.9 Å². The van der Waals surface area contributed by atoms with Crippen LogP contribution in [0.3, 0.4) is 0 Å². The molecule has 33 heavy (non-hydrogen) atoms. The third-order valence-electron chi connectivity index (χ3n) is 6.49. The summed E-state index contributed by atoms with van der Waals surface area (Å²) < 4.78 is 21.5. The highest BCUT2D eigenvalue weighted by Crippen LogP contribution is 2.31. The molecule has 0 aromatic heterocycles. The molecule has 7 heteroatoms. The number of halogens is 1. The summed E-state index contributed by atoms with van der Waals surface area (Å²) in [6.07, 6.45) is 8.58. The van der Waals surface area contributed by atoms with Crippen molar-refractivity contribution in [3.05, 3.63) is 53.5 Å². The standard InChI is InChI=1S/C26H35FN4O2/c1-18(29-26(32)30(2)3)20-10-12-21(13-11-20)33-22-14-15-31(17-22)24-7-5-4-6-23(25(24)27)28-16-19-8-9-19/h4-5,10-13,18-19,22H,6-9,14-17H2,1-3H3,(H,29,32). The maximum absolute atomic E-state index is 15.3. The van der Waals surface area contributed by atoms with Crippen molar-refractivity contribution in [3.8, 4) is 5.75 Å². The van der Waals surface area contributed by atoms with Crippen LogP contribution < -0.4 is 10.1 Å². The molecule has 1 aromatic carbocycles. The van der Waals surface area contributed by atoms with Crippen LogP contribution in [-0.2, 0) is 0 Å². The minimum Gasteiger partial charge on any atom is -0.489 e. The van der Waals surface area contributed by atoms with Crippen LogP contribution >= 0.6 is 0 Å². The van der Waals surface area contributed by atoms with E-state index in [0.717, 1.165) is 36.5 Å². The topological polar surface area (TPSA) is 57.2 Å². The zero-order valence-electron chi connectivity index (χ0n) is 19.9. The summed E-state index contributed by atoms with van der Waals surface area (Å²) in [4.78, 5) is 20.1. The fraction of sp³-hybridized carbons (Fsp3) is 0.538. The summed E-state index contributed by atoms with van der Waals surface area (Å²) in [6.45, 7) is 4.16. The van der Waals surface area contributed by atoms with Gasteiger partial charge >= 0.3 is 6.03 Å². The number of likely N-dealkylation sites (tertiary alicyclic amines) is 1. The van der Waals surface area contributed by atoms with Crippen molar-refractivity contribution in [1.29, 1.82) is 0 Å². The van der Waals surface area contributed by atoms with E-state index in [0.29, 0.717) is 31.0 Å². The first-order valence-corrected chi connectivity index (χ1v) is 12.0. The molecule has 6 nitrogen and oxygen atoms in total. The summed E-state index contributed by atoms with van der Waals surface area (Å²) in [5.41, 5.74) is 2.35. The third kappa shape index (κ3) is 6.15. The van der Waals surface area contributed by atoms with Crippen molar-refractivity contribution in [2.45, 2.75) is 51.2 Å². The second-order valence-electron chi connectivity index (χ2n) is 9.48. The number of nitrogens with zero attached hydrogens (tertiary/aromatic N) is 3. The van der Waals surface area contributed by atoms with Crippen LogP contribution in [-0.4, -0.2) is 61.4 Å². The molecule has 2 amide bonds. The van der Waals surface area contributed by atoms with Crippen molar-refractivity contribution in [2.24, 2.45) is 10.9 Å². The van der Waals surface area contributed by atoms with E-state index in [-0.39, 0.29) is 24.0 Å². The third-order valence-corrected chi connectivity index (χ3v) is 6.49. The molecule has 1 saturated carbocycles. The Labute approximate surface area is 196 Å². The minimum absolute atomic E-state index is 0.0149. The Morgan fingerprint density at radius 3 is 2.64 bits per heavy atom. The summed E-state index contributed by atoms with van der Waals surface area (Å²) >= 11 is 0. The van der Waals surface area contributed by atoms with Crippen LogP contribution in [0.4, 0.5) is 9.18 Å². The number of rotatable bonds is 7. The summed E-state index contributed by atoms with van der Waals surface area (Å²) in [7, 11) is 3.44. The van der Waals surface area contributed by atoms with Crippen molar-refractivity contribution in [3.63, 3.8) is 0 Å². The summed E-state index contributed by atoms with van der Waals surface area (Å²) in [6, 6.07) is 7.61. The molecular weight excluding hydrogens is 419 g/mol. The average molecular weight is 455 g/mol. The molecule has 2 fully saturated rings. The number of nitrogens with one attached hydrogen (secondary N) is 1. The van der Waals surface area contributed by atoms with E-state index in [1.54, 1.807) is 14.1 Å². The number of hydrogen-bond donors (Lipinski definition) is 1. The lowest BCUT2D eigenvalue weighted by molar-refractivity contribution is 0.208. The molecule has 1 N–H and O–H groups in total. The van der Waals surface area contributed by atoms with Gasteiger partial charge in [-0.05, 0) is 43.4 Å². The highest BCUT2D eigenvalue weighted by atomic mass is 19.1. The Bertz CT molecular complexity index is 934. The van der Waals surface area contributed by atoms with Crippen LogP contribution in [0.2, 0.25) is 0 Å². The van der Waals surface area contributed by atoms with Gasteiger partial charge in [-0.15, -0.1) is 0 Å². The molecule has 3 aliphatic rings. The highest BCUT2D eigenvalue weighted by Gasteiger charge is 2.29. The fourth-order valence-corrected chi connectivity index (χ4v) is 4.17. The van der Waals surface area contributed by atoms with Gasteiger partial charge in [0.05, 0.1) is 24.0 Å². The zero-order valence-corrected chi connectivity index (χ0v) is 19.9. The quantitative estimate of drug-likeness (QED) is 0.599. The van der Waals surface area contributed by atoms with E-state index < -0.39 is 0 Å².